The Balaban J connectivity index is 2.00. The molecule has 1 heterocycles. The SMILES string of the molecule is COc1cc(-c2ncc(-c3ccc(NC=O)cc3S(=O)(=O)NC(C)(C)C)s2)ccc1NC(=O)OC(C)C. The van der Waals surface area contributed by atoms with E-state index < -0.39 is 21.7 Å². The van der Waals surface area contributed by atoms with Gasteiger partial charge < -0.3 is 14.8 Å². The van der Waals surface area contributed by atoms with Crippen molar-refractivity contribution in [3.63, 3.8) is 0 Å². The third-order valence-corrected chi connectivity index (χ3v) is 7.61. The zero-order valence-electron chi connectivity index (χ0n) is 21.4. The molecule has 3 N–H and O–H groups in total. The molecule has 198 valence electrons. The van der Waals surface area contributed by atoms with Crippen molar-refractivity contribution in [2.24, 2.45) is 0 Å². The third-order valence-electron chi connectivity index (χ3n) is 4.74. The quantitative estimate of drug-likeness (QED) is 0.318. The summed E-state index contributed by atoms with van der Waals surface area (Å²) in [6.45, 7) is 8.75. The number of benzene rings is 2. The topological polar surface area (TPSA) is 136 Å². The molecule has 0 saturated heterocycles. The van der Waals surface area contributed by atoms with E-state index in [0.29, 0.717) is 44.5 Å². The molecule has 0 bridgehead atoms. The van der Waals surface area contributed by atoms with Crippen LogP contribution in [0.15, 0.2) is 47.5 Å². The van der Waals surface area contributed by atoms with Crippen LogP contribution in [0.25, 0.3) is 21.0 Å². The van der Waals surface area contributed by atoms with Crippen LogP contribution in [0.2, 0.25) is 0 Å². The molecule has 0 fully saturated rings. The maximum Gasteiger partial charge on any atom is 0.411 e. The first-order valence-electron chi connectivity index (χ1n) is 11.3. The molecular weight excluding hydrogens is 516 g/mol. The van der Waals surface area contributed by atoms with Crippen molar-refractivity contribution in [2.45, 2.75) is 51.2 Å². The second-order valence-electron chi connectivity index (χ2n) is 9.35. The van der Waals surface area contributed by atoms with Crippen molar-refractivity contribution >= 4 is 45.2 Å². The number of ether oxygens (including phenoxy) is 2. The second kappa shape index (κ2) is 11.3. The minimum Gasteiger partial charge on any atom is -0.495 e. The second-order valence-corrected chi connectivity index (χ2v) is 12.0. The van der Waals surface area contributed by atoms with E-state index in [1.54, 1.807) is 71.1 Å². The fraction of sp³-hybridized carbons (Fsp3) is 0.320. The summed E-state index contributed by atoms with van der Waals surface area (Å²) in [6.07, 6.45) is 1.22. The van der Waals surface area contributed by atoms with Gasteiger partial charge in [-0.15, -0.1) is 11.3 Å². The minimum absolute atomic E-state index is 0.0188. The summed E-state index contributed by atoms with van der Waals surface area (Å²) in [7, 11) is -2.44. The van der Waals surface area contributed by atoms with Gasteiger partial charge >= 0.3 is 6.09 Å². The molecule has 0 aliphatic rings. The lowest BCUT2D eigenvalue weighted by Crippen LogP contribution is -2.40. The smallest absolute Gasteiger partial charge is 0.411 e. The average molecular weight is 547 g/mol. The van der Waals surface area contributed by atoms with Gasteiger partial charge in [0.2, 0.25) is 16.4 Å². The Morgan fingerprint density at radius 1 is 1.14 bits per heavy atom. The number of rotatable bonds is 9. The zero-order valence-corrected chi connectivity index (χ0v) is 23.0. The Kier molecular flexibility index (Phi) is 8.57. The monoisotopic (exact) mass is 546 g/mol. The van der Waals surface area contributed by atoms with Crippen LogP contribution >= 0.6 is 11.3 Å². The number of carbonyl (C=O) groups excluding carboxylic acids is 2. The van der Waals surface area contributed by atoms with Crippen LogP contribution in [0.3, 0.4) is 0 Å². The number of anilines is 2. The van der Waals surface area contributed by atoms with Crippen LogP contribution in [0.4, 0.5) is 16.2 Å². The van der Waals surface area contributed by atoms with Gasteiger partial charge in [-0.2, -0.15) is 0 Å². The molecule has 0 atom stereocenters. The number of hydrogen-bond acceptors (Lipinski definition) is 8. The number of sulfonamides is 1. The van der Waals surface area contributed by atoms with Gasteiger partial charge in [-0.1, -0.05) is 6.07 Å². The molecule has 3 rings (SSSR count). The van der Waals surface area contributed by atoms with Gasteiger partial charge in [-0.3, -0.25) is 10.1 Å². The average Bonchev–Trinajstić information content (AvgIpc) is 3.27. The van der Waals surface area contributed by atoms with E-state index in [0.717, 1.165) is 0 Å². The van der Waals surface area contributed by atoms with E-state index >= 15 is 0 Å². The molecule has 10 nitrogen and oxygen atoms in total. The number of amides is 2. The highest BCUT2D eigenvalue weighted by atomic mass is 32.2. The van der Waals surface area contributed by atoms with Gasteiger partial charge in [0.1, 0.15) is 10.8 Å². The summed E-state index contributed by atoms with van der Waals surface area (Å²) in [6, 6.07) is 9.85. The van der Waals surface area contributed by atoms with E-state index in [1.165, 1.54) is 24.5 Å². The first-order chi connectivity index (χ1) is 17.3. The van der Waals surface area contributed by atoms with Crippen LogP contribution in [0, 0.1) is 0 Å². The van der Waals surface area contributed by atoms with E-state index in [-0.39, 0.29) is 11.0 Å². The van der Waals surface area contributed by atoms with Crippen LogP contribution in [0.1, 0.15) is 34.6 Å². The summed E-state index contributed by atoms with van der Waals surface area (Å²) in [5.74, 6) is 0.414. The zero-order chi connectivity index (χ0) is 27.4. The maximum atomic E-state index is 13.2. The fourth-order valence-electron chi connectivity index (χ4n) is 3.38. The molecule has 0 aliphatic heterocycles. The number of nitrogens with one attached hydrogen (secondary N) is 3. The minimum atomic E-state index is -3.93. The Bertz CT molecular complexity index is 1390. The fourth-order valence-corrected chi connectivity index (χ4v) is 6.06. The van der Waals surface area contributed by atoms with Crippen molar-refractivity contribution in [1.82, 2.24) is 9.71 Å². The van der Waals surface area contributed by atoms with Crippen molar-refractivity contribution in [2.75, 3.05) is 17.7 Å². The van der Waals surface area contributed by atoms with Crippen LogP contribution in [0.5, 0.6) is 5.75 Å². The van der Waals surface area contributed by atoms with Gasteiger partial charge in [-0.05, 0) is 65.0 Å². The number of methoxy groups -OCH3 is 1. The Hall–Kier alpha value is -3.48. The van der Waals surface area contributed by atoms with Crippen LogP contribution in [-0.2, 0) is 19.6 Å². The molecular formula is C25H30N4O6S2. The number of carbonyl (C=O) groups is 2. The van der Waals surface area contributed by atoms with Crippen molar-refractivity contribution in [3.05, 3.63) is 42.6 Å². The van der Waals surface area contributed by atoms with Crippen molar-refractivity contribution < 1.29 is 27.5 Å². The lowest BCUT2D eigenvalue weighted by Gasteiger charge is -2.21. The van der Waals surface area contributed by atoms with Gasteiger partial charge in [0.15, 0.2) is 0 Å². The predicted octanol–water partition coefficient (Wildman–Crippen LogP) is 5.09. The molecule has 0 spiro atoms. The van der Waals surface area contributed by atoms with Crippen LogP contribution in [-0.4, -0.2) is 44.7 Å². The molecule has 0 saturated carbocycles. The molecule has 2 amide bonds. The summed E-state index contributed by atoms with van der Waals surface area (Å²) >= 11 is 1.29. The van der Waals surface area contributed by atoms with E-state index in [1.807, 2.05) is 0 Å². The normalized spacial score (nSPS) is 11.8. The number of aromatic nitrogens is 1. The summed E-state index contributed by atoms with van der Waals surface area (Å²) in [4.78, 5) is 28.1. The van der Waals surface area contributed by atoms with Gasteiger partial charge in [0.05, 0.1) is 28.7 Å². The van der Waals surface area contributed by atoms with Gasteiger partial charge in [0, 0.05) is 28.6 Å². The Morgan fingerprint density at radius 2 is 1.86 bits per heavy atom. The molecule has 3 aromatic rings. The Labute approximate surface area is 220 Å². The van der Waals surface area contributed by atoms with Crippen LogP contribution < -0.4 is 20.1 Å². The van der Waals surface area contributed by atoms with Gasteiger partial charge in [0.25, 0.3) is 0 Å². The molecule has 0 unspecified atom stereocenters. The van der Waals surface area contributed by atoms with Gasteiger partial charge in [-0.25, -0.2) is 22.9 Å². The van der Waals surface area contributed by atoms with E-state index in [9.17, 15) is 18.0 Å². The number of hydrogen-bond donors (Lipinski definition) is 3. The molecule has 2 aromatic carbocycles. The first-order valence-corrected chi connectivity index (χ1v) is 13.6. The largest absolute Gasteiger partial charge is 0.495 e. The van der Waals surface area contributed by atoms with E-state index in [2.05, 4.69) is 20.3 Å². The maximum absolute atomic E-state index is 13.2. The van der Waals surface area contributed by atoms with Crippen molar-refractivity contribution in [1.29, 1.82) is 0 Å². The van der Waals surface area contributed by atoms with Crippen molar-refractivity contribution in [3.8, 4) is 26.8 Å². The predicted molar refractivity (Wildman–Crippen MR) is 145 cm³/mol. The number of nitrogens with zero attached hydrogens (tertiary/aromatic N) is 1. The summed E-state index contributed by atoms with van der Waals surface area (Å²) in [5, 5.41) is 5.77. The first kappa shape index (κ1) is 28.1. The molecule has 0 radical (unpaired) electrons. The number of thiazole rings is 1. The Morgan fingerprint density at radius 3 is 2.49 bits per heavy atom. The lowest BCUT2D eigenvalue weighted by atomic mass is 10.1. The summed E-state index contributed by atoms with van der Waals surface area (Å²) < 4.78 is 39.7. The highest BCUT2D eigenvalue weighted by molar-refractivity contribution is 7.89. The molecule has 0 aliphatic carbocycles. The summed E-state index contributed by atoms with van der Waals surface area (Å²) in [5.41, 5.74) is 1.23. The lowest BCUT2D eigenvalue weighted by molar-refractivity contribution is -0.105. The highest BCUT2D eigenvalue weighted by Crippen LogP contribution is 2.39. The highest BCUT2D eigenvalue weighted by Gasteiger charge is 2.26. The van der Waals surface area contributed by atoms with E-state index in [4.69, 9.17) is 9.47 Å². The standard InChI is InChI=1S/C25H30N4O6S2/c1-15(2)35-24(31)28-19-10-7-16(11-20(19)34-6)23-26-13-21(36-23)18-9-8-17(27-14-30)12-22(18)37(32,33)29-25(3,4)5/h7-15,29H,1-6H3,(H,27,30)(H,28,31). The molecule has 12 heteroatoms. The third kappa shape index (κ3) is 7.28. The molecule has 1 aromatic heterocycles. The molecule has 37 heavy (non-hydrogen) atoms.